The smallest absolute Gasteiger partial charge is 0.242 e. The Labute approximate surface area is 137 Å². The second-order valence-electron chi connectivity index (χ2n) is 5.68. The van der Waals surface area contributed by atoms with E-state index in [1.165, 1.54) is 11.8 Å². The molecule has 0 spiro atoms. The summed E-state index contributed by atoms with van der Waals surface area (Å²) in [6.45, 7) is 3.59. The van der Waals surface area contributed by atoms with Gasteiger partial charge in [0.1, 0.15) is 6.54 Å². The average molecular weight is 338 g/mol. The molecule has 1 saturated heterocycles. The number of carbonyl (C=O) groups is 2. The molecule has 2 rings (SSSR count). The summed E-state index contributed by atoms with van der Waals surface area (Å²) in [4.78, 5) is 27.5. The number of hydrogen-bond acceptors (Lipinski definition) is 4. The zero-order valence-electron chi connectivity index (χ0n) is 13.4. The number of para-hydroxylation sites is 1. The first-order valence-corrected chi connectivity index (χ1v) is 9.49. The zero-order valence-corrected chi connectivity index (χ0v) is 14.3. The Morgan fingerprint density at radius 3 is 2.35 bits per heavy atom. The predicted molar refractivity (Wildman–Crippen MR) is 88.9 cm³/mol. The summed E-state index contributed by atoms with van der Waals surface area (Å²) in [5, 5.41) is 0. The molecule has 126 valence electrons. The number of rotatable bonds is 5. The van der Waals surface area contributed by atoms with Gasteiger partial charge in [-0.05, 0) is 25.5 Å². The van der Waals surface area contributed by atoms with Crippen LogP contribution in [0.2, 0.25) is 0 Å². The van der Waals surface area contributed by atoms with Crippen LogP contribution in [0.3, 0.4) is 0 Å². The Kier molecular flexibility index (Phi) is 5.41. The van der Waals surface area contributed by atoms with E-state index < -0.39 is 9.84 Å². The second-order valence-corrected chi connectivity index (χ2v) is 7.91. The zero-order chi connectivity index (χ0) is 17.0. The van der Waals surface area contributed by atoms with Gasteiger partial charge < -0.3 is 9.80 Å². The van der Waals surface area contributed by atoms with Crippen molar-refractivity contribution < 1.29 is 18.0 Å². The lowest BCUT2D eigenvalue weighted by atomic mass is 10.2. The van der Waals surface area contributed by atoms with E-state index >= 15 is 0 Å². The maximum atomic E-state index is 12.6. The molecule has 1 heterocycles. The molecule has 2 amide bonds. The summed E-state index contributed by atoms with van der Waals surface area (Å²) in [5.41, 5.74) is 0.656. The van der Waals surface area contributed by atoms with Crippen molar-refractivity contribution in [2.45, 2.75) is 26.3 Å². The summed E-state index contributed by atoms with van der Waals surface area (Å²) in [7, 11) is -3.06. The molecule has 1 unspecified atom stereocenters. The molecule has 23 heavy (non-hydrogen) atoms. The van der Waals surface area contributed by atoms with Gasteiger partial charge in [0.25, 0.3) is 0 Å². The first kappa shape index (κ1) is 17.5. The molecular weight excluding hydrogens is 316 g/mol. The molecule has 1 fully saturated rings. The van der Waals surface area contributed by atoms with E-state index in [-0.39, 0.29) is 35.9 Å². The highest BCUT2D eigenvalue weighted by Crippen LogP contribution is 2.19. The van der Waals surface area contributed by atoms with Gasteiger partial charge in [0.15, 0.2) is 9.84 Å². The van der Waals surface area contributed by atoms with Crippen LogP contribution in [0.4, 0.5) is 5.69 Å². The van der Waals surface area contributed by atoms with Gasteiger partial charge in [-0.2, -0.15) is 0 Å². The molecule has 1 atom stereocenters. The van der Waals surface area contributed by atoms with Crippen molar-refractivity contribution in [2.24, 2.45) is 0 Å². The standard InChI is InChI=1S/C16H22N2O4S/c1-3-17(15-9-10-23(21,22)12-15)16(20)11-18(13(2)19)14-7-5-4-6-8-14/h4-8,15H,3,9-12H2,1-2H3. The van der Waals surface area contributed by atoms with Crippen LogP contribution in [0.5, 0.6) is 0 Å². The molecule has 1 aliphatic heterocycles. The summed E-state index contributed by atoms with van der Waals surface area (Å²) in [6.07, 6.45) is 0.466. The molecule has 1 aliphatic rings. The third-order valence-corrected chi connectivity index (χ3v) is 5.80. The predicted octanol–water partition coefficient (Wildman–Crippen LogP) is 1.08. The Balaban J connectivity index is 2.13. The van der Waals surface area contributed by atoms with Crippen LogP contribution < -0.4 is 4.90 Å². The SMILES string of the molecule is CCN(C(=O)CN(C(C)=O)c1ccccc1)C1CCS(=O)(=O)C1. The Bertz CT molecular complexity index is 673. The second kappa shape index (κ2) is 7.12. The number of likely N-dealkylation sites (N-methyl/N-ethyl adjacent to an activating group) is 1. The lowest BCUT2D eigenvalue weighted by Gasteiger charge is -2.30. The average Bonchev–Trinajstić information content (AvgIpc) is 2.86. The highest BCUT2D eigenvalue weighted by Gasteiger charge is 2.34. The quantitative estimate of drug-likeness (QED) is 0.805. The summed E-state index contributed by atoms with van der Waals surface area (Å²) >= 11 is 0. The van der Waals surface area contributed by atoms with E-state index in [4.69, 9.17) is 0 Å². The first-order chi connectivity index (χ1) is 10.8. The minimum Gasteiger partial charge on any atom is -0.337 e. The van der Waals surface area contributed by atoms with Crippen LogP contribution in [0.25, 0.3) is 0 Å². The van der Waals surface area contributed by atoms with Crippen LogP contribution in [0, 0.1) is 0 Å². The fourth-order valence-electron chi connectivity index (χ4n) is 2.88. The fourth-order valence-corrected chi connectivity index (χ4v) is 4.61. The van der Waals surface area contributed by atoms with Crippen LogP contribution in [-0.2, 0) is 19.4 Å². The van der Waals surface area contributed by atoms with Gasteiger partial charge in [0, 0.05) is 25.2 Å². The molecular formula is C16H22N2O4S. The normalized spacial score (nSPS) is 19.3. The van der Waals surface area contributed by atoms with Gasteiger partial charge in [-0.3, -0.25) is 9.59 Å². The largest absolute Gasteiger partial charge is 0.337 e. The lowest BCUT2D eigenvalue weighted by molar-refractivity contribution is -0.132. The van der Waals surface area contributed by atoms with Crippen molar-refractivity contribution in [3.63, 3.8) is 0 Å². The number of anilines is 1. The Morgan fingerprint density at radius 2 is 1.87 bits per heavy atom. The van der Waals surface area contributed by atoms with E-state index in [0.29, 0.717) is 18.7 Å². The van der Waals surface area contributed by atoms with Gasteiger partial charge in [0.05, 0.1) is 11.5 Å². The number of nitrogens with zero attached hydrogens (tertiary/aromatic N) is 2. The highest BCUT2D eigenvalue weighted by atomic mass is 32.2. The van der Waals surface area contributed by atoms with E-state index in [1.807, 2.05) is 13.0 Å². The molecule has 6 nitrogen and oxygen atoms in total. The van der Waals surface area contributed by atoms with Crippen molar-refractivity contribution in [3.05, 3.63) is 30.3 Å². The maximum absolute atomic E-state index is 12.6. The molecule has 0 saturated carbocycles. The molecule has 0 bridgehead atoms. The van der Waals surface area contributed by atoms with Crippen molar-refractivity contribution in [3.8, 4) is 0 Å². The van der Waals surface area contributed by atoms with Crippen LogP contribution >= 0.6 is 0 Å². The van der Waals surface area contributed by atoms with Crippen molar-refractivity contribution in [2.75, 3.05) is 29.5 Å². The van der Waals surface area contributed by atoms with Crippen molar-refractivity contribution >= 4 is 27.3 Å². The number of hydrogen-bond donors (Lipinski definition) is 0. The highest BCUT2D eigenvalue weighted by molar-refractivity contribution is 7.91. The Morgan fingerprint density at radius 1 is 1.22 bits per heavy atom. The third kappa shape index (κ3) is 4.31. The van der Waals surface area contributed by atoms with Gasteiger partial charge >= 0.3 is 0 Å². The minimum atomic E-state index is -3.06. The monoisotopic (exact) mass is 338 g/mol. The van der Waals surface area contributed by atoms with Crippen LogP contribution in [-0.4, -0.2) is 55.8 Å². The maximum Gasteiger partial charge on any atom is 0.242 e. The molecule has 0 aliphatic carbocycles. The first-order valence-electron chi connectivity index (χ1n) is 7.67. The Hall–Kier alpha value is -1.89. The number of carbonyl (C=O) groups excluding carboxylic acids is 2. The summed E-state index contributed by atoms with van der Waals surface area (Å²) in [6, 6.07) is 8.69. The third-order valence-electron chi connectivity index (χ3n) is 4.05. The molecule has 0 aromatic heterocycles. The number of benzene rings is 1. The number of amides is 2. The van der Waals surface area contributed by atoms with Gasteiger partial charge in [-0.25, -0.2) is 8.42 Å². The van der Waals surface area contributed by atoms with Crippen molar-refractivity contribution in [1.82, 2.24) is 4.90 Å². The molecule has 0 radical (unpaired) electrons. The van der Waals surface area contributed by atoms with Crippen LogP contribution in [0.15, 0.2) is 30.3 Å². The van der Waals surface area contributed by atoms with E-state index in [1.54, 1.807) is 29.2 Å². The summed E-state index contributed by atoms with van der Waals surface area (Å²) < 4.78 is 23.3. The summed E-state index contributed by atoms with van der Waals surface area (Å²) in [5.74, 6) is -0.317. The van der Waals surface area contributed by atoms with Gasteiger partial charge in [-0.1, -0.05) is 18.2 Å². The molecule has 1 aromatic carbocycles. The molecule has 1 aromatic rings. The topological polar surface area (TPSA) is 74.8 Å². The molecule has 0 N–H and O–H groups in total. The fraction of sp³-hybridized carbons (Fsp3) is 0.500. The van der Waals surface area contributed by atoms with Gasteiger partial charge in [0.2, 0.25) is 11.8 Å². The molecule has 7 heteroatoms. The lowest BCUT2D eigenvalue weighted by Crippen LogP contribution is -2.47. The minimum absolute atomic E-state index is 0.0119. The number of sulfone groups is 1. The van der Waals surface area contributed by atoms with Crippen LogP contribution in [0.1, 0.15) is 20.3 Å². The van der Waals surface area contributed by atoms with E-state index in [0.717, 1.165) is 0 Å². The van der Waals surface area contributed by atoms with Crippen molar-refractivity contribution in [1.29, 1.82) is 0 Å². The van der Waals surface area contributed by atoms with E-state index in [9.17, 15) is 18.0 Å². The van der Waals surface area contributed by atoms with E-state index in [2.05, 4.69) is 0 Å². The van der Waals surface area contributed by atoms with Gasteiger partial charge in [-0.15, -0.1) is 0 Å².